The van der Waals surface area contributed by atoms with Gasteiger partial charge in [-0.05, 0) is 31.0 Å². The predicted octanol–water partition coefficient (Wildman–Crippen LogP) is 2.41. The molecule has 1 aromatic carbocycles. The molecule has 0 aliphatic rings. The highest BCUT2D eigenvalue weighted by atomic mass is 16.5. The van der Waals surface area contributed by atoms with Gasteiger partial charge in [0.05, 0.1) is 12.3 Å². The number of methoxy groups -OCH3 is 1. The molecule has 0 aliphatic heterocycles. The molecule has 6 heteroatoms. The van der Waals surface area contributed by atoms with Gasteiger partial charge in [0.25, 0.3) is 0 Å². The van der Waals surface area contributed by atoms with E-state index in [1.807, 2.05) is 12.1 Å². The second-order valence-electron chi connectivity index (χ2n) is 4.68. The van der Waals surface area contributed by atoms with Gasteiger partial charge in [0, 0.05) is 14.2 Å². The summed E-state index contributed by atoms with van der Waals surface area (Å²) in [5.41, 5.74) is 1.64. The Kier molecular flexibility index (Phi) is 4.59. The summed E-state index contributed by atoms with van der Waals surface area (Å²) in [7, 11) is 3.32. The van der Waals surface area contributed by atoms with Gasteiger partial charge in [-0.3, -0.25) is 0 Å². The third-order valence-electron chi connectivity index (χ3n) is 3.12. The number of benzene rings is 1. The first kappa shape index (κ1) is 15.1. The van der Waals surface area contributed by atoms with Crippen molar-refractivity contribution in [2.45, 2.75) is 13.3 Å². The van der Waals surface area contributed by atoms with Gasteiger partial charge in [-0.25, -0.2) is 9.48 Å². The Morgan fingerprint density at radius 2 is 2.00 bits per heavy atom. The smallest absolute Gasteiger partial charge is 0.343 e. The van der Waals surface area contributed by atoms with Crippen molar-refractivity contribution < 1.29 is 19.4 Å². The first-order chi connectivity index (χ1) is 10.0. The van der Waals surface area contributed by atoms with Crippen molar-refractivity contribution in [3.63, 3.8) is 0 Å². The molecule has 0 aliphatic carbocycles. The average Bonchev–Trinajstić information content (AvgIpc) is 2.72. The van der Waals surface area contributed by atoms with Crippen LogP contribution in [0.25, 0.3) is 0 Å². The van der Waals surface area contributed by atoms with Gasteiger partial charge in [-0.2, -0.15) is 5.10 Å². The number of carboxylic acid groups (broad SMARTS) is 1. The van der Waals surface area contributed by atoms with Gasteiger partial charge in [0.2, 0.25) is 5.88 Å². The summed E-state index contributed by atoms with van der Waals surface area (Å²) < 4.78 is 12.1. The van der Waals surface area contributed by atoms with Crippen LogP contribution < -0.4 is 4.74 Å². The maximum absolute atomic E-state index is 11.3. The van der Waals surface area contributed by atoms with Gasteiger partial charge in [-0.15, -0.1) is 0 Å². The molecule has 0 saturated heterocycles. The second-order valence-corrected chi connectivity index (χ2v) is 4.68. The Hall–Kier alpha value is -2.34. The van der Waals surface area contributed by atoms with Gasteiger partial charge in [0.15, 0.2) is 0 Å². The van der Waals surface area contributed by atoms with Gasteiger partial charge >= 0.3 is 5.97 Å². The number of hydrogen-bond donors (Lipinski definition) is 1. The van der Waals surface area contributed by atoms with Crippen LogP contribution in [0.1, 0.15) is 21.6 Å². The van der Waals surface area contributed by atoms with Crippen molar-refractivity contribution in [1.29, 1.82) is 0 Å². The monoisotopic (exact) mass is 290 g/mol. The molecular formula is C15H18N2O4. The topological polar surface area (TPSA) is 73.6 Å². The van der Waals surface area contributed by atoms with Crippen LogP contribution in [0.15, 0.2) is 24.3 Å². The number of aromatic nitrogens is 2. The van der Waals surface area contributed by atoms with Gasteiger partial charge in [0.1, 0.15) is 11.3 Å². The average molecular weight is 290 g/mol. The number of aromatic carboxylic acids is 1. The van der Waals surface area contributed by atoms with Crippen molar-refractivity contribution in [1.82, 2.24) is 9.78 Å². The van der Waals surface area contributed by atoms with Crippen LogP contribution >= 0.6 is 0 Å². The normalized spacial score (nSPS) is 10.6. The van der Waals surface area contributed by atoms with Crippen LogP contribution in [0.2, 0.25) is 0 Å². The Bertz CT molecular complexity index is 632. The molecule has 0 atom stereocenters. The number of nitrogens with zero attached hydrogens (tertiary/aromatic N) is 2. The first-order valence-electron chi connectivity index (χ1n) is 6.55. The fraction of sp³-hybridized carbons (Fsp3) is 0.333. The summed E-state index contributed by atoms with van der Waals surface area (Å²) in [5.74, 6) is -0.251. The van der Waals surface area contributed by atoms with E-state index in [1.165, 1.54) is 4.68 Å². The summed E-state index contributed by atoms with van der Waals surface area (Å²) in [5, 5.41) is 13.3. The molecule has 0 spiro atoms. The van der Waals surface area contributed by atoms with Crippen LogP contribution in [-0.2, 0) is 18.2 Å². The molecule has 21 heavy (non-hydrogen) atoms. The molecule has 2 rings (SSSR count). The second kappa shape index (κ2) is 6.41. The highest BCUT2D eigenvalue weighted by molar-refractivity contribution is 5.91. The lowest BCUT2D eigenvalue weighted by atomic mass is 10.1. The standard InChI is InChI=1S/C15H18N2O4/c1-10-13(15(18)19)14(17(2)16-10)21-12-6-4-11(5-7-12)8-9-20-3/h4-7H,8-9H2,1-3H3,(H,18,19). The predicted molar refractivity (Wildman–Crippen MR) is 77.0 cm³/mol. The maximum atomic E-state index is 11.3. The van der Waals surface area contributed by atoms with Crippen molar-refractivity contribution in [2.24, 2.45) is 7.05 Å². The van der Waals surface area contributed by atoms with Gasteiger partial charge < -0.3 is 14.6 Å². The summed E-state index contributed by atoms with van der Waals surface area (Å²) in [6.45, 7) is 2.30. The van der Waals surface area contributed by atoms with E-state index in [0.717, 1.165) is 12.0 Å². The number of carbonyl (C=O) groups is 1. The molecule has 0 radical (unpaired) electrons. The van der Waals surface area contributed by atoms with E-state index in [0.29, 0.717) is 18.1 Å². The van der Waals surface area contributed by atoms with E-state index in [2.05, 4.69) is 5.10 Å². The highest BCUT2D eigenvalue weighted by Gasteiger charge is 2.21. The van der Waals surface area contributed by atoms with Crippen molar-refractivity contribution >= 4 is 5.97 Å². The first-order valence-corrected chi connectivity index (χ1v) is 6.55. The Labute approximate surface area is 122 Å². The maximum Gasteiger partial charge on any atom is 0.343 e. The van der Waals surface area contributed by atoms with Crippen molar-refractivity contribution in [3.05, 3.63) is 41.1 Å². The third kappa shape index (κ3) is 3.41. The molecular weight excluding hydrogens is 272 g/mol. The molecule has 6 nitrogen and oxygen atoms in total. The lowest BCUT2D eigenvalue weighted by Crippen LogP contribution is -2.02. The molecule has 0 amide bonds. The molecule has 0 saturated carbocycles. The van der Waals surface area contributed by atoms with Crippen LogP contribution in [0, 0.1) is 6.92 Å². The highest BCUT2D eigenvalue weighted by Crippen LogP contribution is 2.27. The zero-order valence-electron chi connectivity index (χ0n) is 12.3. The largest absolute Gasteiger partial charge is 0.477 e. The number of hydrogen-bond acceptors (Lipinski definition) is 4. The Morgan fingerprint density at radius 1 is 1.33 bits per heavy atom. The van der Waals surface area contributed by atoms with Crippen LogP contribution in [0.4, 0.5) is 0 Å². The summed E-state index contributed by atoms with van der Waals surface area (Å²) in [6.07, 6.45) is 0.821. The van der Waals surface area contributed by atoms with E-state index >= 15 is 0 Å². The molecule has 2 aromatic rings. The van der Waals surface area contributed by atoms with Crippen LogP contribution in [-0.4, -0.2) is 34.6 Å². The van der Waals surface area contributed by atoms with Gasteiger partial charge in [-0.1, -0.05) is 12.1 Å². The van der Waals surface area contributed by atoms with Crippen LogP contribution in [0.3, 0.4) is 0 Å². The minimum absolute atomic E-state index is 0.0842. The lowest BCUT2D eigenvalue weighted by molar-refractivity contribution is 0.0693. The van der Waals surface area contributed by atoms with Crippen molar-refractivity contribution in [3.8, 4) is 11.6 Å². The van der Waals surface area contributed by atoms with Crippen LogP contribution in [0.5, 0.6) is 11.6 Å². The fourth-order valence-electron chi connectivity index (χ4n) is 2.06. The molecule has 1 N–H and O–H groups in total. The van der Waals surface area contributed by atoms with E-state index in [9.17, 15) is 9.90 Å². The zero-order chi connectivity index (χ0) is 15.4. The van der Waals surface area contributed by atoms with E-state index < -0.39 is 5.97 Å². The molecule has 0 bridgehead atoms. The molecule has 1 heterocycles. The number of ether oxygens (including phenoxy) is 2. The number of carboxylic acids is 1. The number of aryl methyl sites for hydroxylation is 2. The molecule has 0 fully saturated rings. The van der Waals surface area contributed by atoms with E-state index in [4.69, 9.17) is 9.47 Å². The summed E-state index contributed by atoms with van der Waals surface area (Å²) in [6, 6.07) is 7.47. The fourth-order valence-corrected chi connectivity index (χ4v) is 2.06. The Balaban J connectivity index is 2.20. The quantitative estimate of drug-likeness (QED) is 0.884. The SMILES string of the molecule is COCCc1ccc(Oc2c(C(=O)O)c(C)nn2C)cc1. The minimum Gasteiger partial charge on any atom is -0.477 e. The summed E-state index contributed by atoms with van der Waals surface area (Å²) >= 11 is 0. The molecule has 0 unspecified atom stereocenters. The minimum atomic E-state index is -1.05. The molecule has 112 valence electrons. The molecule has 1 aromatic heterocycles. The third-order valence-corrected chi connectivity index (χ3v) is 3.12. The van der Waals surface area contributed by atoms with E-state index in [-0.39, 0.29) is 11.4 Å². The summed E-state index contributed by atoms with van der Waals surface area (Å²) in [4.78, 5) is 11.3. The lowest BCUT2D eigenvalue weighted by Gasteiger charge is -2.08. The van der Waals surface area contributed by atoms with E-state index in [1.54, 1.807) is 33.2 Å². The van der Waals surface area contributed by atoms with Crippen molar-refractivity contribution in [2.75, 3.05) is 13.7 Å². The Morgan fingerprint density at radius 3 is 2.57 bits per heavy atom. The zero-order valence-corrected chi connectivity index (χ0v) is 12.3. The number of rotatable bonds is 6.